The third kappa shape index (κ3) is 9.91. The summed E-state index contributed by atoms with van der Waals surface area (Å²) in [4.78, 5) is 4.60. The molecular formula is C48H51F3N4O2SSi. The van der Waals surface area contributed by atoms with Crippen molar-refractivity contribution in [3.63, 3.8) is 0 Å². The lowest BCUT2D eigenvalue weighted by Gasteiger charge is -2.37. The zero-order valence-electron chi connectivity index (χ0n) is 35.0. The molecule has 2 aliphatic rings. The summed E-state index contributed by atoms with van der Waals surface area (Å²) in [6.45, 7) is 20.2. The van der Waals surface area contributed by atoms with Gasteiger partial charge in [0.2, 0.25) is 0 Å². The van der Waals surface area contributed by atoms with Gasteiger partial charge in [-0.3, -0.25) is 0 Å². The first-order valence-electron chi connectivity index (χ1n) is 19.6. The van der Waals surface area contributed by atoms with Crippen molar-refractivity contribution in [2.45, 2.75) is 84.3 Å². The Bertz CT molecular complexity index is 2320. The first-order valence-corrected chi connectivity index (χ1v) is 23.4. The van der Waals surface area contributed by atoms with Crippen molar-refractivity contribution < 1.29 is 22.3 Å². The van der Waals surface area contributed by atoms with Crippen molar-refractivity contribution in [1.82, 2.24) is 0 Å². The number of benzene rings is 2. The highest BCUT2D eigenvalue weighted by molar-refractivity contribution is 7.16. The van der Waals surface area contributed by atoms with Crippen LogP contribution in [0.1, 0.15) is 64.8 Å². The lowest BCUT2D eigenvalue weighted by atomic mass is 9.75. The predicted octanol–water partition coefficient (Wildman–Crippen LogP) is 13.1. The van der Waals surface area contributed by atoms with Gasteiger partial charge in [-0.2, -0.15) is 29.0 Å². The third-order valence-electron chi connectivity index (χ3n) is 11.2. The van der Waals surface area contributed by atoms with Crippen LogP contribution in [0.4, 0.5) is 18.9 Å². The van der Waals surface area contributed by atoms with E-state index in [1.165, 1.54) is 42.1 Å². The molecule has 5 rings (SSSR count). The molecule has 1 aliphatic carbocycles. The monoisotopic (exact) mass is 832 g/mol. The van der Waals surface area contributed by atoms with E-state index >= 15 is 13.2 Å². The maximum atomic E-state index is 15.2. The summed E-state index contributed by atoms with van der Waals surface area (Å²) in [5, 5.41) is 29.4. The van der Waals surface area contributed by atoms with Crippen LogP contribution in [0.2, 0.25) is 18.1 Å². The number of hydrogen-bond acceptors (Lipinski definition) is 7. The molecule has 3 aromatic rings. The second-order valence-corrected chi connectivity index (χ2v) is 23.0. The molecule has 1 atom stereocenters. The fourth-order valence-corrected chi connectivity index (χ4v) is 9.09. The van der Waals surface area contributed by atoms with Crippen molar-refractivity contribution in [3.05, 3.63) is 141 Å². The highest BCUT2D eigenvalue weighted by atomic mass is 32.1. The maximum absolute atomic E-state index is 15.2. The molecule has 0 N–H and O–H groups in total. The predicted molar refractivity (Wildman–Crippen MR) is 234 cm³/mol. The summed E-state index contributed by atoms with van der Waals surface area (Å²) < 4.78 is 57.5. The van der Waals surface area contributed by atoms with Gasteiger partial charge in [-0.15, -0.1) is 11.3 Å². The van der Waals surface area contributed by atoms with Crippen LogP contribution in [0.15, 0.2) is 131 Å². The lowest BCUT2D eigenvalue weighted by Crippen LogP contribution is -2.43. The number of hydrogen-bond donors (Lipinski definition) is 0. The van der Waals surface area contributed by atoms with Gasteiger partial charge in [0, 0.05) is 39.7 Å². The summed E-state index contributed by atoms with van der Waals surface area (Å²) in [5.74, 6) is -0.688. The van der Waals surface area contributed by atoms with E-state index < -0.39 is 42.6 Å². The van der Waals surface area contributed by atoms with Gasteiger partial charge in [0.15, 0.2) is 19.6 Å². The molecule has 0 fully saturated rings. The Morgan fingerprint density at radius 2 is 1.61 bits per heavy atom. The zero-order valence-corrected chi connectivity index (χ0v) is 36.8. The molecule has 11 heteroatoms. The van der Waals surface area contributed by atoms with Crippen LogP contribution >= 0.6 is 11.3 Å². The molecule has 0 saturated heterocycles. The summed E-state index contributed by atoms with van der Waals surface area (Å²) in [6.07, 6.45) is 7.10. The highest BCUT2D eigenvalue weighted by Crippen LogP contribution is 2.56. The van der Waals surface area contributed by atoms with E-state index in [0.717, 1.165) is 46.0 Å². The third-order valence-corrected chi connectivity index (χ3v) is 16.8. The fourth-order valence-electron chi connectivity index (χ4n) is 7.14. The van der Waals surface area contributed by atoms with Crippen LogP contribution in [0.25, 0.3) is 16.5 Å². The van der Waals surface area contributed by atoms with Gasteiger partial charge in [0.1, 0.15) is 23.8 Å². The molecule has 2 heterocycles. The molecule has 59 heavy (non-hydrogen) atoms. The second kappa shape index (κ2) is 17.9. The molecule has 0 bridgehead atoms. The van der Waals surface area contributed by atoms with Gasteiger partial charge in [-0.25, -0.2) is 0 Å². The molecule has 0 spiro atoms. The fraction of sp³-hybridized carbons (Fsp3) is 0.354. The minimum absolute atomic E-state index is 0.128. The van der Waals surface area contributed by atoms with E-state index in [1.54, 1.807) is 41.7 Å². The molecule has 1 unspecified atom stereocenters. The average Bonchev–Trinajstić information content (AvgIpc) is 3.79. The topological polar surface area (TPSA) is 93.1 Å². The van der Waals surface area contributed by atoms with Gasteiger partial charge in [0.05, 0.1) is 6.61 Å². The highest BCUT2D eigenvalue weighted by Gasteiger charge is 2.65. The van der Waals surface area contributed by atoms with Crippen molar-refractivity contribution in [1.29, 1.82) is 15.8 Å². The number of nitrogens with zero attached hydrogens (tertiary/aromatic N) is 4. The van der Waals surface area contributed by atoms with E-state index in [1.807, 2.05) is 6.08 Å². The number of alkyl halides is 3. The number of anilines is 1. The van der Waals surface area contributed by atoms with E-state index in [9.17, 15) is 15.8 Å². The summed E-state index contributed by atoms with van der Waals surface area (Å²) in [7, 11) is -1.81. The molecule has 0 saturated carbocycles. The summed E-state index contributed by atoms with van der Waals surface area (Å²) in [6, 6.07) is 24.8. The molecule has 1 aromatic heterocycles. The molecule has 2 aromatic carbocycles. The Kier molecular flexibility index (Phi) is 13.5. The van der Waals surface area contributed by atoms with Crippen molar-refractivity contribution in [3.8, 4) is 28.6 Å². The number of halogens is 3. The number of rotatable bonds is 12. The van der Waals surface area contributed by atoms with Crippen LogP contribution in [0, 0.1) is 39.4 Å². The van der Waals surface area contributed by atoms with Crippen LogP contribution < -0.4 is 4.90 Å². The minimum atomic E-state index is -5.05. The Hall–Kier alpha value is -5.38. The molecule has 306 valence electrons. The van der Waals surface area contributed by atoms with E-state index in [0.29, 0.717) is 13.0 Å². The van der Waals surface area contributed by atoms with Crippen LogP contribution in [-0.2, 0) is 14.8 Å². The van der Waals surface area contributed by atoms with Gasteiger partial charge in [-0.1, -0.05) is 107 Å². The Morgan fingerprint density at radius 1 is 0.932 bits per heavy atom. The molecule has 0 radical (unpaired) electrons. The largest absolute Gasteiger partial charge is 0.465 e. The number of ether oxygens (including phenoxy) is 1. The standard InChI is InChI=1S/C48H51F3N4O2SSi/c1-9-55(26-27-56-59(7,8)45(2,3)4)39-21-19-36(20-22-39)43-25-24-40(58-43)23-18-35-28-34(29-46(5,6)30-35)14-13-17-42-41(33-54)44(37(31-52)32-53)57-47(42,48(49,50)51)38-15-11-10-12-16-38/h10-25,28H,9,26-27,29-30H2,1-8H3/b17-13+,23-18+,34-14+. The van der Waals surface area contributed by atoms with Gasteiger partial charge in [0.25, 0.3) is 5.60 Å². The van der Waals surface area contributed by atoms with E-state index in [2.05, 4.69) is 108 Å². The number of nitriles is 3. The first kappa shape index (κ1) is 44.7. The van der Waals surface area contributed by atoms with Crippen molar-refractivity contribution in [2.24, 2.45) is 5.41 Å². The lowest BCUT2D eigenvalue weighted by molar-refractivity contribution is -0.249. The van der Waals surface area contributed by atoms with Crippen LogP contribution in [0.3, 0.4) is 0 Å². The van der Waals surface area contributed by atoms with Crippen LogP contribution in [0.5, 0.6) is 0 Å². The number of thiophene rings is 1. The molecule has 1 aliphatic heterocycles. The van der Waals surface area contributed by atoms with Crippen LogP contribution in [-0.4, -0.2) is 34.2 Å². The van der Waals surface area contributed by atoms with Crippen molar-refractivity contribution >= 4 is 31.4 Å². The molecular weight excluding hydrogens is 782 g/mol. The minimum Gasteiger partial charge on any atom is -0.465 e. The molecule has 0 amide bonds. The Balaban J connectivity index is 1.37. The zero-order chi connectivity index (χ0) is 43.2. The van der Waals surface area contributed by atoms with Gasteiger partial charge < -0.3 is 14.1 Å². The first-order chi connectivity index (χ1) is 27.8. The normalized spacial score (nSPS) is 19.1. The van der Waals surface area contributed by atoms with Gasteiger partial charge >= 0.3 is 6.18 Å². The smallest absolute Gasteiger partial charge is 0.437 e. The van der Waals surface area contributed by atoms with Crippen molar-refractivity contribution in [2.75, 3.05) is 24.6 Å². The Labute approximate surface area is 352 Å². The van der Waals surface area contributed by atoms with Gasteiger partial charge in [-0.05, 0) is 90.4 Å². The quantitative estimate of drug-likeness (QED) is 0.133. The summed E-state index contributed by atoms with van der Waals surface area (Å²) >= 11 is 1.70. The Morgan fingerprint density at radius 3 is 2.20 bits per heavy atom. The SMILES string of the molecule is CCN(CCO[Si](C)(C)C(C)(C)C)c1ccc(-c2ccc(/C=C/C3=CC(=C\C=C\C4=C(C#N)C(=C(C#N)C#N)OC4(c4ccccc4)C(F)(F)F)/CC(C)(C)C3)s2)cc1. The average molecular weight is 833 g/mol. The maximum Gasteiger partial charge on any atom is 0.437 e. The van der Waals surface area contributed by atoms with E-state index in [4.69, 9.17) is 9.16 Å². The number of allylic oxidation sites excluding steroid dienone is 8. The summed E-state index contributed by atoms with van der Waals surface area (Å²) in [5.41, 5.74) is -0.945. The second-order valence-electron chi connectivity index (χ2n) is 17.1. The number of likely N-dealkylation sites (N-methyl/N-ethyl adjacent to an activating group) is 1. The molecule has 6 nitrogen and oxygen atoms in total. The van der Waals surface area contributed by atoms with E-state index in [-0.39, 0.29) is 16.0 Å².